The number of hydrogen-bond donors (Lipinski definition) is 1. The van der Waals surface area contributed by atoms with Gasteiger partial charge in [0.1, 0.15) is 0 Å². The number of carbonyl (C=O) groups is 1. The van der Waals surface area contributed by atoms with Gasteiger partial charge in [-0.05, 0) is 17.7 Å². The quantitative estimate of drug-likeness (QED) is 0.668. The predicted octanol–water partition coefficient (Wildman–Crippen LogP) is 1.19. The number of nitriles is 1. The highest BCUT2D eigenvalue weighted by Gasteiger charge is 1.91. The predicted molar refractivity (Wildman–Crippen MR) is 50.3 cm³/mol. The largest absolute Gasteiger partial charge is 0.472 e. The first kappa shape index (κ1) is 9.83. The highest BCUT2D eigenvalue weighted by Crippen LogP contribution is 2.03. The van der Waals surface area contributed by atoms with Gasteiger partial charge in [0, 0.05) is 11.5 Å². The first-order valence-electron chi connectivity index (χ1n) is 3.93. The maximum atomic E-state index is 10.1. The number of hydrogen-bond acceptors (Lipinski definition) is 2. The molecule has 1 N–H and O–H groups in total. The van der Waals surface area contributed by atoms with E-state index < -0.39 is 5.97 Å². The molecule has 0 spiro atoms. The van der Waals surface area contributed by atoms with Crippen LogP contribution < -0.4 is 0 Å². The van der Waals surface area contributed by atoms with Crippen LogP contribution in [0.4, 0.5) is 0 Å². The summed E-state index contributed by atoms with van der Waals surface area (Å²) in [6.45, 7) is 0. The Morgan fingerprint density at radius 3 is 2.50 bits per heavy atom. The molecule has 0 saturated heterocycles. The molecule has 0 heterocycles. The van der Waals surface area contributed by atoms with E-state index in [1.165, 1.54) is 0 Å². The van der Waals surface area contributed by atoms with E-state index >= 15 is 0 Å². The highest BCUT2D eigenvalue weighted by atomic mass is 16.4. The molecule has 1 aromatic rings. The van der Waals surface area contributed by atoms with Crippen LogP contribution in [-0.4, -0.2) is 11.1 Å². The molecule has 14 heavy (non-hydrogen) atoms. The molecule has 0 amide bonds. The van der Waals surface area contributed by atoms with Crippen molar-refractivity contribution in [2.24, 2.45) is 0 Å². The lowest BCUT2D eigenvalue weighted by molar-refractivity contribution is -0.130. The summed E-state index contributed by atoms with van der Waals surface area (Å²) in [7, 11) is 0. The monoisotopic (exact) mass is 185 g/mol. The molecule has 1 aromatic carbocycles. The molecule has 68 valence electrons. The van der Waals surface area contributed by atoms with Gasteiger partial charge in [0.15, 0.2) is 0 Å². The second-order valence-corrected chi connectivity index (χ2v) is 2.59. The Morgan fingerprint density at radius 1 is 1.36 bits per heavy atom. The molecule has 0 fully saturated rings. The van der Waals surface area contributed by atoms with E-state index in [2.05, 4.69) is 5.92 Å². The van der Waals surface area contributed by atoms with Crippen molar-refractivity contribution in [3.8, 4) is 17.9 Å². The number of carboxylic acids is 1. The van der Waals surface area contributed by atoms with E-state index in [1.54, 1.807) is 24.3 Å². The average molecular weight is 185 g/mol. The van der Waals surface area contributed by atoms with Crippen LogP contribution >= 0.6 is 0 Å². The van der Waals surface area contributed by atoms with Crippen LogP contribution in [0.2, 0.25) is 0 Å². The molecule has 0 unspecified atom stereocenters. The van der Waals surface area contributed by atoms with Crippen LogP contribution in [0, 0.1) is 23.2 Å². The van der Waals surface area contributed by atoms with Gasteiger partial charge >= 0.3 is 5.97 Å². The molecule has 0 aliphatic rings. The van der Waals surface area contributed by atoms with Gasteiger partial charge in [0.05, 0.1) is 12.5 Å². The van der Waals surface area contributed by atoms with Crippen molar-refractivity contribution in [3.63, 3.8) is 0 Å². The Hall–Kier alpha value is -2.26. The van der Waals surface area contributed by atoms with Crippen molar-refractivity contribution in [1.82, 2.24) is 0 Å². The summed E-state index contributed by atoms with van der Waals surface area (Å²) in [6.07, 6.45) is 0.354. The molecule has 0 radical (unpaired) electrons. The van der Waals surface area contributed by atoms with Gasteiger partial charge in [-0.2, -0.15) is 5.26 Å². The molecule has 3 nitrogen and oxygen atoms in total. The van der Waals surface area contributed by atoms with E-state index in [0.29, 0.717) is 12.0 Å². The van der Waals surface area contributed by atoms with Crippen molar-refractivity contribution < 1.29 is 9.90 Å². The maximum absolute atomic E-state index is 10.1. The molecule has 3 heteroatoms. The van der Waals surface area contributed by atoms with Crippen LogP contribution in [0.5, 0.6) is 0 Å². The van der Waals surface area contributed by atoms with E-state index in [4.69, 9.17) is 10.4 Å². The molecule has 0 saturated carbocycles. The summed E-state index contributed by atoms with van der Waals surface area (Å²) in [5.74, 6) is 3.35. The van der Waals surface area contributed by atoms with Gasteiger partial charge in [0.2, 0.25) is 0 Å². The zero-order valence-electron chi connectivity index (χ0n) is 7.32. The lowest BCUT2D eigenvalue weighted by Crippen LogP contribution is -1.87. The van der Waals surface area contributed by atoms with Crippen LogP contribution in [0.25, 0.3) is 0 Å². The van der Waals surface area contributed by atoms with Crippen molar-refractivity contribution in [2.45, 2.75) is 6.42 Å². The maximum Gasteiger partial charge on any atom is 0.382 e. The van der Waals surface area contributed by atoms with Gasteiger partial charge < -0.3 is 5.11 Å². The van der Waals surface area contributed by atoms with Crippen LogP contribution in [0.15, 0.2) is 24.3 Å². The van der Waals surface area contributed by atoms with E-state index in [1.807, 2.05) is 12.0 Å². The molecular weight excluding hydrogens is 178 g/mol. The summed E-state index contributed by atoms with van der Waals surface area (Å²) >= 11 is 0. The second-order valence-electron chi connectivity index (χ2n) is 2.59. The average Bonchev–Trinajstić information content (AvgIpc) is 2.17. The normalized spacial score (nSPS) is 8.21. The number of rotatable bonds is 1. The smallest absolute Gasteiger partial charge is 0.382 e. The first-order chi connectivity index (χ1) is 6.72. The zero-order chi connectivity index (χ0) is 10.4. The standard InChI is InChI=1S/C11H7NO2/c12-8-7-10-3-1-9(2-4-10)5-6-11(13)14/h1-4H,7H2,(H,13,14). The Labute approximate surface area is 81.6 Å². The minimum atomic E-state index is -1.15. The minimum Gasteiger partial charge on any atom is -0.472 e. The van der Waals surface area contributed by atoms with Crippen molar-refractivity contribution in [1.29, 1.82) is 5.26 Å². The third-order valence-corrected chi connectivity index (χ3v) is 1.55. The summed E-state index contributed by atoms with van der Waals surface area (Å²) < 4.78 is 0. The molecule has 0 atom stereocenters. The number of aliphatic carboxylic acids is 1. The Bertz CT molecular complexity index is 429. The lowest BCUT2D eigenvalue weighted by Gasteiger charge is -1.93. The fourth-order valence-corrected chi connectivity index (χ4v) is 0.923. The number of nitrogens with zero attached hydrogens (tertiary/aromatic N) is 1. The van der Waals surface area contributed by atoms with Gasteiger partial charge in [-0.3, -0.25) is 0 Å². The number of benzene rings is 1. The Kier molecular flexibility index (Phi) is 3.29. The van der Waals surface area contributed by atoms with E-state index in [0.717, 1.165) is 5.56 Å². The van der Waals surface area contributed by atoms with Gasteiger partial charge in [0.25, 0.3) is 0 Å². The fourth-order valence-electron chi connectivity index (χ4n) is 0.923. The Balaban J connectivity index is 2.81. The summed E-state index contributed by atoms with van der Waals surface area (Å²) in [5.41, 5.74) is 1.53. The van der Waals surface area contributed by atoms with E-state index in [-0.39, 0.29) is 0 Å². The summed E-state index contributed by atoms with van der Waals surface area (Å²) in [5, 5.41) is 16.7. The second kappa shape index (κ2) is 4.69. The SMILES string of the molecule is N#CCc1ccc(C#CC(=O)O)cc1. The van der Waals surface area contributed by atoms with Gasteiger partial charge in [-0.15, -0.1) is 0 Å². The molecule has 0 bridgehead atoms. The molecule has 0 aromatic heterocycles. The topological polar surface area (TPSA) is 61.1 Å². The van der Waals surface area contributed by atoms with Crippen molar-refractivity contribution in [2.75, 3.05) is 0 Å². The third-order valence-electron chi connectivity index (χ3n) is 1.55. The summed E-state index contributed by atoms with van der Waals surface area (Å²) in [4.78, 5) is 10.1. The molecule has 0 aliphatic heterocycles. The third kappa shape index (κ3) is 3.00. The molecule has 1 rings (SSSR count). The van der Waals surface area contributed by atoms with Crippen LogP contribution in [0.1, 0.15) is 11.1 Å². The molecule has 0 aliphatic carbocycles. The highest BCUT2D eigenvalue weighted by molar-refractivity contribution is 5.87. The minimum absolute atomic E-state index is 0.354. The lowest BCUT2D eigenvalue weighted by atomic mass is 10.1. The van der Waals surface area contributed by atoms with E-state index in [9.17, 15) is 4.79 Å². The fraction of sp³-hybridized carbons (Fsp3) is 0.0909. The van der Waals surface area contributed by atoms with Gasteiger partial charge in [-0.25, -0.2) is 4.79 Å². The first-order valence-corrected chi connectivity index (χ1v) is 3.93. The Morgan fingerprint density at radius 2 is 2.00 bits per heavy atom. The molecular formula is C11H7NO2. The number of carboxylic acid groups (broad SMARTS) is 1. The van der Waals surface area contributed by atoms with Crippen molar-refractivity contribution >= 4 is 5.97 Å². The van der Waals surface area contributed by atoms with Crippen LogP contribution in [-0.2, 0) is 11.2 Å². The van der Waals surface area contributed by atoms with Crippen LogP contribution in [0.3, 0.4) is 0 Å². The zero-order valence-corrected chi connectivity index (χ0v) is 7.32. The van der Waals surface area contributed by atoms with Crippen molar-refractivity contribution in [3.05, 3.63) is 35.4 Å². The summed E-state index contributed by atoms with van der Waals surface area (Å²) in [6, 6.07) is 8.94. The van der Waals surface area contributed by atoms with Gasteiger partial charge in [-0.1, -0.05) is 18.1 Å².